The van der Waals surface area contributed by atoms with Crippen molar-refractivity contribution < 1.29 is 19.4 Å². The average molecular weight is 464 g/mol. The van der Waals surface area contributed by atoms with Gasteiger partial charge in [-0.2, -0.15) is 0 Å². The Morgan fingerprint density at radius 2 is 1.85 bits per heavy atom. The molecule has 0 radical (unpaired) electrons. The molecule has 4 rings (SSSR count). The minimum absolute atomic E-state index is 0.0429. The summed E-state index contributed by atoms with van der Waals surface area (Å²) >= 11 is 0. The number of ether oxygens (including phenoxy) is 2. The number of methoxy groups -OCH3 is 2. The first kappa shape index (κ1) is 24.3. The molecule has 1 amide bonds. The maximum Gasteiger partial charge on any atom is 0.247 e. The Bertz CT molecular complexity index is 1030. The third-order valence-electron chi connectivity index (χ3n) is 7.63. The van der Waals surface area contributed by atoms with Gasteiger partial charge >= 0.3 is 0 Å². The van der Waals surface area contributed by atoms with Crippen LogP contribution in [0.1, 0.15) is 74.6 Å². The van der Waals surface area contributed by atoms with Gasteiger partial charge in [-0.15, -0.1) is 0 Å². The van der Waals surface area contributed by atoms with Gasteiger partial charge in [0, 0.05) is 24.1 Å². The van der Waals surface area contributed by atoms with E-state index in [-0.39, 0.29) is 17.9 Å². The van der Waals surface area contributed by atoms with Crippen LogP contribution in [0.25, 0.3) is 6.08 Å². The molecule has 2 aromatic rings. The molecule has 3 atom stereocenters. The van der Waals surface area contributed by atoms with Crippen LogP contribution in [-0.4, -0.2) is 42.3 Å². The standard InChI is InChI=1S/C29H37NO4/c1-20(2)22-11-8-21(9-12-22)10-15-27(31)30-18-17-29(32)16-6-5-7-25(29)28(30)24-19-23(33-3)13-14-26(24)34-4/h8-15,19-20,25,28,32H,5-7,16-18H2,1-4H3/b15-10+/t25-,28-,29+/m0/s1. The molecule has 1 heterocycles. The summed E-state index contributed by atoms with van der Waals surface area (Å²) in [6.45, 7) is 4.85. The number of rotatable bonds is 6. The Morgan fingerprint density at radius 1 is 1.09 bits per heavy atom. The van der Waals surface area contributed by atoms with Gasteiger partial charge in [-0.25, -0.2) is 0 Å². The number of nitrogens with zero attached hydrogens (tertiary/aromatic N) is 1. The van der Waals surface area contributed by atoms with Gasteiger partial charge in [0.15, 0.2) is 0 Å². The van der Waals surface area contributed by atoms with Gasteiger partial charge in [0.25, 0.3) is 0 Å². The second kappa shape index (κ2) is 10.2. The second-order valence-corrected chi connectivity index (χ2v) is 9.94. The molecular formula is C29H37NO4. The zero-order valence-electron chi connectivity index (χ0n) is 20.8. The van der Waals surface area contributed by atoms with E-state index in [0.29, 0.717) is 30.4 Å². The summed E-state index contributed by atoms with van der Waals surface area (Å²) in [6.07, 6.45) is 7.88. The van der Waals surface area contributed by atoms with Gasteiger partial charge in [-0.05, 0) is 60.6 Å². The van der Waals surface area contributed by atoms with Crippen LogP contribution in [-0.2, 0) is 4.79 Å². The molecule has 5 nitrogen and oxygen atoms in total. The summed E-state index contributed by atoms with van der Waals surface area (Å²) in [7, 11) is 3.29. The minimum atomic E-state index is -0.760. The van der Waals surface area contributed by atoms with E-state index in [0.717, 1.165) is 36.8 Å². The van der Waals surface area contributed by atoms with Gasteiger partial charge in [0.05, 0.1) is 25.9 Å². The Hall–Kier alpha value is -2.79. The molecule has 1 aliphatic heterocycles. The number of fused-ring (bicyclic) bond motifs is 1. The van der Waals surface area contributed by atoms with E-state index >= 15 is 0 Å². The van der Waals surface area contributed by atoms with Gasteiger partial charge in [0.1, 0.15) is 11.5 Å². The molecule has 2 aromatic carbocycles. The van der Waals surface area contributed by atoms with Crippen LogP contribution < -0.4 is 9.47 Å². The molecule has 0 bridgehead atoms. The molecule has 1 aliphatic carbocycles. The van der Waals surface area contributed by atoms with Gasteiger partial charge < -0.3 is 19.5 Å². The van der Waals surface area contributed by atoms with Gasteiger partial charge in [-0.1, -0.05) is 51.0 Å². The van der Waals surface area contributed by atoms with Crippen LogP contribution in [0, 0.1) is 5.92 Å². The van der Waals surface area contributed by atoms with Crippen LogP contribution in [0.4, 0.5) is 0 Å². The molecule has 1 saturated carbocycles. The fraction of sp³-hybridized carbons (Fsp3) is 0.483. The lowest BCUT2D eigenvalue weighted by molar-refractivity contribution is -0.151. The molecule has 1 saturated heterocycles. The summed E-state index contributed by atoms with van der Waals surface area (Å²) in [6, 6.07) is 13.8. The summed E-state index contributed by atoms with van der Waals surface area (Å²) in [5.41, 5.74) is 2.42. The van der Waals surface area contributed by atoms with Crippen molar-refractivity contribution in [2.45, 2.75) is 63.5 Å². The number of likely N-dealkylation sites (tertiary alicyclic amines) is 1. The van der Waals surface area contributed by atoms with E-state index in [4.69, 9.17) is 9.47 Å². The monoisotopic (exact) mass is 463 g/mol. The fourth-order valence-corrected chi connectivity index (χ4v) is 5.64. The van der Waals surface area contributed by atoms with Crippen LogP contribution in [0.3, 0.4) is 0 Å². The highest BCUT2D eigenvalue weighted by Gasteiger charge is 2.50. The van der Waals surface area contributed by atoms with Crippen molar-refractivity contribution in [3.05, 3.63) is 65.2 Å². The molecule has 1 N–H and O–H groups in total. The quantitative estimate of drug-likeness (QED) is 0.556. The first-order valence-corrected chi connectivity index (χ1v) is 12.4. The van der Waals surface area contributed by atoms with Crippen LogP contribution in [0.2, 0.25) is 0 Å². The summed E-state index contributed by atoms with van der Waals surface area (Å²) in [5, 5.41) is 11.6. The van der Waals surface area contributed by atoms with Crippen LogP contribution >= 0.6 is 0 Å². The summed E-state index contributed by atoms with van der Waals surface area (Å²) < 4.78 is 11.2. The maximum absolute atomic E-state index is 13.5. The average Bonchev–Trinajstić information content (AvgIpc) is 2.86. The number of carbonyl (C=O) groups excluding carboxylic acids is 1. The van der Waals surface area contributed by atoms with E-state index in [1.807, 2.05) is 29.2 Å². The van der Waals surface area contributed by atoms with E-state index in [1.165, 1.54) is 5.56 Å². The topological polar surface area (TPSA) is 59.0 Å². The van der Waals surface area contributed by atoms with E-state index < -0.39 is 5.60 Å². The molecule has 0 spiro atoms. The largest absolute Gasteiger partial charge is 0.497 e. The Labute approximate surface area is 203 Å². The zero-order valence-corrected chi connectivity index (χ0v) is 20.8. The third kappa shape index (κ3) is 4.85. The van der Waals surface area contributed by atoms with E-state index in [2.05, 4.69) is 38.1 Å². The van der Waals surface area contributed by atoms with Crippen molar-refractivity contribution >= 4 is 12.0 Å². The van der Waals surface area contributed by atoms with Crippen molar-refractivity contribution in [1.82, 2.24) is 4.90 Å². The number of amides is 1. The highest BCUT2D eigenvalue weighted by atomic mass is 16.5. The van der Waals surface area contributed by atoms with Gasteiger partial charge in [0.2, 0.25) is 5.91 Å². The zero-order chi connectivity index (χ0) is 24.3. The Balaban J connectivity index is 1.68. The van der Waals surface area contributed by atoms with Crippen molar-refractivity contribution in [2.75, 3.05) is 20.8 Å². The molecule has 0 aromatic heterocycles. The number of piperidine rings is 1. The SMILES string of the molecule is COc1ccc(OC)c([C@H]2[C@@H]3CCCC[C@@]3(O)CCN2C(=O)/C=C/c2ccc(C(C)C)cc2)c1. The number of hydrogen-bond donors (Lipinski definition) is 1. The number of aliphatic hydroxyl groups is 1. The number of benzene rings is 2. The first-order valence-electron chi connectivity index (χ1n) is 12.4. The summed E-state index contributed by atoms with van der Waals surface area (Å²) in [5.74, 6) is 1.82. The number of carbonyl (C=O) groups is 1. The van der Waals surface area contributed by atoms with Crippen LogP contribution in [0.5, 0.6) is 11.5 Å². The lowest BCUT2D eigenvalue weighted by Gasteiger charge is -2.52. The maximum atomic E-state index is 13.5. The Morgan fingerprint density at radius 3 is 2.53 bits per heavy atom. The summed E-state index contributed by atoms with van der Waals surface area (Å²) in [4.78, 5) is 15.5. The fourth-order valence-electron chi connectivity index (χ4n) is 5.64. The second-order valence-electron chi connectivity index (χ2n) is 9.94. The van der Waals surface area contributed by atoms with Crippen molar-refractivity contribution in [2.24, 2.45) is 5.92 Å². The highest BCUT2D eigenvalue weighted by molar-refractivity contribution is 5.92. The molecule has 2 fully saturated rings. The van der Waals surface area contributed by atoms with E-state index in [1.54, 1.807) is 20.3 Å². The van der Waals surface area contributed by atoms with Crippen molar-refractivity contribution in [3.63, 3.8) is 0 Å². The molecule has 2 aliphatic rings. The molecule has 5 heteroatoms. The van der Waals surface area contributed by atoms with Crippen molar-refractivity contribution in [1.29, 1.82) is 0 Å². The molecule has 0 unspecified atom stereocenters. The highest BCUT2D eigenvalue weighted by Crippen LogP contribution is 2.51. The minimum Gasteiger partial charge on any atom is -0.497 e. The third-order valence-corrected chi connectivity index (χ3v) is 7.63. The normalized spacial score (nSPS) is 24.8. The lowest BCUT2D eigenvalue weighted by atomic mass is 9.66. The number of hydrogen-bond acceptors (Lipinski definition) is 4. The van der Waals surface area contributed by atoms with Crippen molar-refractivity contribution in [3.8, 4) is 11.5 Å². The smallest absolute Gasteiger partial charge is 0.247 e. The predicted octanol–water partition coefficient (Wildman–Crippen LogP) is 5.74. The van der Waals surface area contributed by atoms with E-state index in [9.17, 15) is 9.90 Å². The Kier molecular flexibility index (Phi) is 7.32. The lowest BCUT2D eigenvalue weighted by Crippen LogP contribution is -2.56. The first-order chi connectivity index (χ1) is 16.4. The molecule has 182 valence electrons. The van der Waals surface area contributed by atoms with Gasteiger partial charge in [-0.3, -0.25) is 4.79 Å². The van der Waals surface area contributed by atoms with Crippen LogP contribution in [0.15, 0.2) is 48.5 Å². The predicted molar refractivity (Wildman–Crippen MR) is 135 cm³/mol. The molecular weight excluding hydrogens is 426 g/mol. The molecule has 34 heavy (non-hydrogen) atoms.